The van der Waals surface area contributed by atoms with E-state index < -0.39 is 31.1 Å². The summed E-state index contributed by atoms with van der Waals surface area (Å²) >= 11 is 0. The van der Waals surface area contributed by atoms with Crippen LogP contribution in [0.4, 0.5) is 11.8 Å². The Kier molecular flexibility index (Phi) is 3.58. The van der Waals surface area contributed by atoms with Crippen molar-refractivity contribution in [1.29, 1.82) is 0 Å². The maximum absolute atomic E-state index is 10.2. The lowest BCUT2D eigenvalue weighted by Crippen LogP contribution is -2.34. The van der Waals surface area contributed by atoms with E-state index in [1.54, 1.807) is 7.05 Å². The van der Waals surface area contributed by atoms with Gasteiger partial charge in [0.25, 0.3) is 0 Å². The van der Waals surface area contributed by atoms with Crippen molar-refractivity contribution in [1.82, 2.24) is 19.5 Å². The minimum Gasteiger partial charge on any atom is -0.394 e. The van der Waals surface area contributed by atoms with Gasteiger partial charge in [0.1, 0.15) is 24.6 Å². The number of fused-ring (bicyclic) bond motifs is 1. The molecule has 0 spiro atoms. The standard InChI is InChI=1S/C11H17N7O4/c1-17(13)11-16-5-8(12)14-3-15-9(5)18(11)10-7(21)6(20)4(2-19)22-10/h3-4,6-7,10,19-21H,2,13H2,1H3,(H2,12,14,15)/t4-,6+,7+,10-/m0/s1. The lowest BCUT2D eigenvalue weighted by molar-refractivity contribution is -0.0504. The fraction of sp³-hybridized carbons (Fsp3) is 0.545. The lowest BCUT2D eigenvalue weighted by atomic mass is 10.1. The molecule has 0 saturated carbocycles. The summed E-state index contributed by atoms with van der Waals surface area (Å²) in [6.45, 7) is -0.438. The van der Waals surface area contributed by atoms with E-state index >= 15 is 0 Å². The molecule has 0 aromatic carbocycles. The summed E-state index contributed by atoms with van der Waals surface area (Å²) < 4.78 is 6.92. The van der Waals surface area contributed by atoms with Crippen molar-refractivity contribution in [2.75, 3.05) is 24.4 Å². The molecule has 3 heterocycles. The molecule has 0 amide bonds. The molecule has 11 nitrogen and oxygen atoms in total. The van der Waals surface area contributed by atoms with Crippen LogP contribution in [0.3, 0.4) is 0 Å². The maximum Gasteiger partial charge on any atom is 0.224 e. The van der Waals surface area contributed by atoms with Crippen molar-refractivity contribution in [2.45, 2.75) is 24.5 Å². The highest BCUT2D eigenvalue weighted by molar-refractivity contribution is 5.84. The Balaban J connectivity index is 2.17. The second kappa shape index (κ2) is 5.30. The Bertz CT molecular complexity index is 690. The highest BCUT2D eigenvalue weighted by Gasteiger charge is 2.45. The molecule has 22 heavy (non-hydrogen) atoms. The molecule has 7 N–H and O–H groups in total. The summed E-state index contributed by atoms with van der Waals surface area (Å²) in [4.78, 5) is 12.2. The monoisotopic (exact) mass is 311 g/mol. The molecular weight excluding hydrogens is 294 g/mol. The van der Waals surface area contributed by atoms with Gasteiger partial charge in [0, 0.05) is 7.05 Å². The van der Waals surface area contributed by atoms with E-state index in [1.165, 1.54) is 15.9 Å². The van der Waals surface area contributed by atoms with E-state index in [4.69, 9.17) is 16.3 Å². The predicted octanol–water partition coefficient (Wildman–Crippen LogP) is -2.67. The first-order chi connectivity index (χ1) is 10.5. The first kappa shape index (κ1) is 14.9. The number of nitrogens with zero attached hydrogens (tertiary/aromatic N) is 5. The summed E-state index contributed by atoms with van der Waals surface area (Å²) in [5, 5.41) is 30.5. The number of aliphatic hydroxyl groups is 3. The number of ether oxygens (including phenoxy) is 1. The SMILES string of the molecule is CN(N)c1nc2c(N)ncnc2n1[C@H]1O[C@@H](CO)[C@@H](O)[C@H]1O. The van der Waals surface area contributed by atoms with Crippen molar-refractivity contribution in [3.05, 3.63) is 6.33 Å². The second-order valence-corrected chi connectivity index (χ2v) is 5.05. The van der Waals surface area contributed by atoms with Gasteiger partial charge in [0.2, 0.25) is 5.95 Å². The van der Waals surface area contributed by atoms with Crippen LogP contribution in [0.5, 0.6) is 0 Å². The van der Waals surface area contributed by atoms with Crippen LogP contribution in [0, 0.1) is 0 Å². The van der Waals surface area contributed by atoms with Crippen LogP contribution < -0.4 is 16.6 Å². The number of anilines is 2. The highest BCUT2D eigenvalue weighted by Crippen LogP contribution is 2.35. The zero-order valence-electron chi connectivity index (χ0n) is 11.7. The van der Waals surface area contributed by atoms with Crippen LogP contribution in [-0.4, -0.2) is 66.8 Å². The van der Waals surface area contributed by atoms with Crippen molar-refractivity contribution < 1.29 is 20.1 Å². The maximum atomic E-state index is 10.2. The Hall–Kier alpha value is -2.05. The number of nitrogens with two attached hydrogens (primary N) is 2. The molecule has 0 radical (unpaired) electrons. The fourth-order valence-corrected chi connectivity index (χ4v) is 2.49. The summed E-state index contributed by atoms with van der Waals surface area (Å²) in [6, 6.07) is 0. The minimum absolute atomic E-state index is 0.151. The van der Waals surface area contributed by atoms with E-state index in [2.05, 4.69) is 15.0 Å². The molecule has 1 aliphatic rings. The third kappa shape index (κ3) is 2.07. The Morgan fingerprint density at radius 2 is 2.09 bits per heavy atom. The summed E-state index contributed by atoms with van der Waals surface area (Å²) in [5.74, 6) is 6.13. The quantitative estimate of drug-likeness (QED) is 0.297. The van der Waals surface area contributed by atoms with Gasteiger partial charge in [-0.25, -0.2) is 20.8 Å². The molecule has 0 aliphatic carbocycles. The predicted molar refractivity (Wildman–Crippen MR) is 75.3 cm³/mol. The van der Waals surface area contributed by atoms with Gasteiger partial charge in [-0.3, -0.25) is 9.58 Å². The molecule has 3 rings (SSSR count). The fourth-order valence-electron chi connectivity index (χ4n) is 2.49. The summed E-state index contributed by atoms with van der Waals surface area (Å²) in [5.41, 5.74) is 6.37. The number of nitrogen functional groups attached to an aromatic ring is 1. The van der Waals surface area contributed by atoms with Gasteiger partial charge in [-0.05, 0) is 0 Å². The molecule has 1 aliphatic heterocycles. The molecule has 1 fully saturated rings. The van der Waals surface area contributed by atoms with Crippen LogP contribution in [0.25, 0.3) is 11.2 Å². The average molecular weight is 311 g/mol. The molecule has 0 bridgehead atoms. The normalized spacial score (nSPS) is 28.4. The lowest BCUT2D eigenvalue weighted by Gasteiger charge is -2.21. The molecule has 0 unspecified atom stereocenters. The molecule has 11 heteroatoms. The van der Waals surface area contributed by atoms with Gasteiger partial charge < -0.3 is 25.8 Å². The number of rotatable bonds is 3. The van der Waals surface area contributed by atoms with Gasteiger partial charge in [-0.1, -0.05) is 0 Å². The summed E-state index contributed by atoms with van der Waals surface area (Å²) in [6.07, 6.45) is -3.23. The number of aliphatic hydroxyl groups excluding tert-OH is 3. The topological polar surface area (TPSA) is 169 Å². The minimum atomic E-state index is -1.29. The number of hydrogen-bond donors (Lipinski definition) is 5. The van der Waals surface area contributed by atoms with Crippen molar-refractivity contribution in [3.63, 3.8) is 0 Å². The van der Waals surface area contributed by atoms with Gasteiger partial charge >= 0.3 is 0 Å². The average Bonchev–Trinajstić information content (AvgIpc) is 3.00. The molecule has 4 atom stereocenters. The Labute approximate surface area is 124 Å². The number of hydrazine groups is 1. The highest BCUT2D eigenvalue weighted by atomic mass is 16.6. The zero-order valence-corrected chi connectivity index (χ0v) is 11.7. The van der Waals surface area contributed by atoms with Gasteiger partial charge in [-0.2, -0.15) is 0 Å². The van der Waals surface area contributed by atoms with E-state index in [9.17, 15) is 15.3 Å². The largest absolute Gasteiger partial charge is 0.394 e. The third-order valence-corrected chi connectivity index (χ3v) is 3.57. The van der Waals surface area contributed by atoms with E-state index in [1.807, 2.05) is 0 Å². The second-order valence-electron chi connectivity index (χ2n) is 5.05. The number of imidazole rings is 1. The number of aromatic nitrogens is 4. The third-order valence-electron chi connectivity index (χ3n) is 3.57. The molecule has 2 aromatic heterocycles. The van der Waals surface area contributed by atoms with Crippen LogP contribution in [0.2, 0.25) is 0 Å². The van der Waals surface area contributed by atoms with Crippen LogP contribution in [0.15, 0.2) is 6.33 Å². The van der Waals surface area contributed by atoms with Gasteiger partial charge in [-0.15, -0.1) is 0 Å². The zero-order chi connectivity index (χ0) is 16.0. The van der Waals surface area contributed by atoms with Crippen molar-refractivity contribution >= 4 is 22.9 Å². The van der Waals surface area contributed by atoms with Crippen LogP contribution in [-0.2, 0) is 4.74 Å². The van der Waals surface area contributed by atoms with E-state index in [-0.39, 0.29) is 11.8 Å². The van der Waals surface area contributed by atoms with Gasteiger partial charge in [0.05, 0.1) is 6.61 Å². The van der Waals surface area contributed by atoms with Crippen LogP contribution >= 0.6 is 0 Å². The van der Waals surface area contributed by atoms with Crippen LogP contribution in [0.1, 0.15) is 6.23 Å². The Morgan fingerprint density at radius 1 is 1.36 bits per heavy atom. The van der Waals surface area contributed by atoms with Crippen molar-refractivity contribution in [3.8, 4) is 0 Å². The first-order valence-electron chi connectivity index (χ1n) is 6.55. The Morgan fingerprint density at radius 3 is 2.68 bits per heavy atom. The molecular formula is C11H17N7O4. The smallest absolute Gasteiger partial charge is 0.224 e. The van der Waals surface area contributed by atoms with Crippen molar-refractivity contribution in [2.24, 2.45) is 5.84 Å². The number of hydrogen-bond acceptors (Lipinski definition) is 10. The first-order valence-corrected chi connectivity index (χ1v) is 6.55. The summed E-state index contributed by atoms with van der Waals surface area (Å²) in [7, 11) is 1.54. The molecule has 2 aromatic rings. The van der Waals surface area contributed by atoms with Gasteiger partial charge in [0.15, 0.2) is 23.2 Å². The molecule has 120 valence electrons. The van der Waals surface area contributed by atoms with E-state index in [0.29, 0.717) is 11.2 Å². The van der Waals surface area contributed by atoms with E-state index in [0.717, 1.165) is 0 Å². The molecule has 1 saturated heterocycles.